The van der Waals surface area contributed by atoms with Gasteiger partial charge in [-0.05, 0) is 45.0 Å². The molecule has 1 atom stereocenters. The van der Waals surface area contributed by atoms with Gasteiger partial charge in [0.2, 0.25) is 0 Å². The number of benzene rings is 2. The minimum absolute atomic E-state index is 0.206. The predicted octanol–water partition coefficient (Wildman–Crippen LogP) is 4.42. The molecule has 0 spiro atoms. The molecule has 4 aromatic rings. The number of esters is 1. The van der Waals surface area contributed by atoms with Crippen LogP contribution >= 0.6 is 0 Å². The second-order valence-corrected chi connectivity index (χ2v) is 8.88. The van der Waals surface area contributed by atoms with E-state index < -0.39 is 17.1 Å². The lowest BCUT2D eigenvalue weighted by Gasteiger charge is -2.13. The minimum atomic E-state index is -1.44. The Hall–Kier alpha value is -3.36. The Morgan fingerprint density at radius 1 is 1.16 bits per heavy atom. The molecular formula is C24H23N3O4S. The molecule has 2 aromatic carbocycles. The Kier molecular flexibility index (Phi) is 6.16. The number of fused-ring (bicyclic) bond motifs is 1. The quantitative estimate of drug-likeness (QED) is 0.266. The van der Waals surface area contributed by atoms with E-state index in [9.17, 15) is 9.35 Å². The van der Waals surface area contributed by atoms with Crippen LogP contribution in [0.5, 0.6) is 11.5 Å². The molecule has 0 aliphatic carbocycles. The monoisotopic (exact) mass is 449 g/mol. The van der Waals surface area contributed by atoms with Crippen LogP contribution in [0.25, 0.3) is 11.0 Å². The van der Waals surface area contributed by atoms with Gasteiger partial charge in [-0.2, -0.15) is 4.98 Å². The molecule has 1 N–H and O–H groups in total. The van der Waals surface area contributed by atoms with E-state index in [1.54, 1.807) is 43.6 Å². The molecule has 0 radical (unpaired) electrons. The number of hydrogen-bond donors (Lipinski definition) is 1. The molecule has 0 amide bonds. The summed E-state index contributed by atoms with van der Waals surface area (Å²) in [7, 11) is 1.61. The summed E-state index contributed by atoms with van der Waals surface area (Å²) in [4.78, 5) is 24.4. The summed E-state index contributed by atoms with van der Waals surface area (Å²) < 4.78 is 23.9. The van der Waals surface area contributed by atoms with Gasteiger partial charge < -0.3 is 14.0 Å². The minimum Gasteiger partial charge on any atom is -0.609 e. The number of rotatable bonds is 6. The predicted molar refractivity (Wildman–Crippen MR) is 123 cm³/mol. The lowest BCUT2D eigenvalue weighted by molar-refractivity contribution is 0.0735. The third-order valence-corrected chi connectivity index (χ3v) is 6.29. The zero-order valence-corrected chi connectivity index (χ0v) is 19.1. The molecule has 7 nitrogen and oxygen atoms in total. The molecular weight excluding hydrogens is 426 g/mol. The van der Waals surface area contributed by atoms with Gasteiger partial charge in [-0.1, -0.05) is 17.7 Å². The Morgan fingerprint density at radius 2 is 1.97 bits per heavy atom. The molecule has 2 aromatic heterocycles. The number of aryl methyl sites for hydroxylation is 2. The van der Waals surface area contributed by atoms with Gasteiger partial charge in [0.05, 0.1) is 29.4 Å². The summed E-state index contributed by atoms with van der Waals surface area (Å²) in [6.07, 6.45) is 1.71. The molecule has 164 valence electrons. The van der Waals surface area contributed by atoms with Crippen molar-refractivity contribution < 1.29 is 18.8 Å². The Bertz CT molecular complexity index is 1300. The lowest BCUT2D eigenvalue weighted by Crippen LogP contribution is -2.10. The first-order valence-corrected chi connectivity index (χ1v) is 11.3. The summed E-state index contributed by atoms with van der Waals surface area (Å²) in [5.74, 6) is 0.880. The van der Waals surface area contributed by atoms with Crippen molar-refractivity contribution in [1.29, 1.82) is 0 Å². The SMILES string of the molecule is COc1c(C)cnc(C[S+]([O-])c2nc3cc(OC(=O)c4cccc(C)c4)ccc3[nH]2)c1C. The molecule has 0 saturated carbocycles. The van der Waals surface area contributed by atoms with E-state index in [-0.39, 0.29) is 5.75 Å². The van der Waals surface area contributed by atoms with E-state index in [1.165, 1.54) is 0 Å². The maximum Gasteiger partial charge on any atom is 0.343 e. The lowest BCUT2D eigenvalue weighted by atomic mass is 10.1. The number of nitrogens with one attached hydrogen (secondary N) is 1. The highest BCUT2D eigenvalue weighted by Gasteiger charge is 2.21. The summed E-state index contributed by atoms with van der Waals surface area (Å²) in [5.41, 5.74) is 5.21. The molecule has 1 unspecified atom stereocenters. The maximum atomic E-state index is 13.0. The van der Waals surface area contributed by atoms with Crippen molar-refractivity contribution in [3.63, 3.8) is 0 Å². The first-order chi connectivity index (χ1) is 15.4. The fraction of sp³-hybridized carbons (Fsp3) is 0.208. The maximum absolute atomic E-state index is 13.0. The van der Waals surface area contributed by atoms with E-state index >= 15 is 0 Å². The Balaban J connectivity index is 1.53. The van der Waals surface area contributed by atoms with Crippen LogP contribution in [0.15, 0.2) is 53.8 Å². The van der Waals surface area contributed by atoms with Gasteiger partial charge in [-0.15, -0.1) is 0 Å². The number of ether oxygens (including phenoxy) is 2. The standard InChI is InChI=1S/C24H23N3O4S/c1-14-6-5-7-17(10-14)23(28)31-18-8-9-19-20(11-18)27-24(26-19)32(29)13-21-16(3)22(30-4)15(2)12-25-21/h5-12H,13H2,1-4H3,(H,26,27). The number of aromatic nitrogens is 3. The third-order valence-electron chi connectivity index (χ3n) is 5.13. The van der Waals surface area contributed by atoms with Crippen molar-refractivity contribution >= 4 is 28.2 Å². The molecule has 0 aliphatic rings. The summed E-state index contributed by atoms with van der Waals surface area (Å²) in [5, 5.41) is 0.336. The first-order valence-electron chi connectivity index (χ1n) is 10.0. The van der Waals surface area contributed by atoms with Crippen molar-refractivity contribution in [2.24, 2.45) is 0 Å². The van der Waals surface area contributed by atoms with Crippen molar-refractivity contribution in [2.75, 3.05) is 7.11 Å². The topological polar surface area (TPSA) is 100 Å². The van der Waals surface area contributed by atoms with Crippen LogP contribution in [0.3, 0.4) is 0 Å². The molecule has 4 rings (SSSR count). The molecule has 0 saturated heterocycles. The Morgan fingerprint density at radius 3 is 2.72 bits per heavy atom. The fourth-order valence-corrected chi connectivity index (χ4v) is 4.58. The molecule has 8 heteroatoms. The van der Waals surface area contributed by atoms with E-state index in [0.717, 1.165) is 22.4 Å². The molecule has 0 fully saturated rings. The van der Waals surface area contributed by atoms with E-state index in [0.29, 0.717) is 33.2 Å². The fourth-order valence-electron chi connectivity index (χ4n) is 3.48. The highest BCUT2D eigenvalue weighted by atomic mass is 32.2. The molecule has 0 bridgehead atoms. The van der Waals surface area contributed by atoms with Crippen molar-refractivity contribution in [1.82, 2.24) is 15.0 Å². The van der Waals surface area contributed by atoms with Gasteiger partial charge in [0, 0.05) is 34.6 Å². The average molecular weight is 450 g/mol. The summed E-state index contributed by atoms with van der Waals surface area (Å²) >= 11 is -1.44. The van der Waals surface area contributed by atoms with E-state index in [2.05, 4.69) is 15.0 Å². The zero-order chi connectivity index (χ0) is 22.8. The number of hydrogen-bond acceptors (Lipinski definition) is 6. The Labute approximate surface area is 189 Å². The largest absolute Gasteiger partial charge is 0.609 e. The number of aromatic amines is 1. The van der Waals surface area contributed by atoms with Gasteiger partial charge in [-0.3, -0.25) is 9.97 Å². The number of carbonyl (C=O) groups is 1. The molecule has 32 heavy (non-hydrogen) atoms. The van der Waals surface area contributed by atoms with Crippen LogP contribution in [0.2, 0.25) is 0 Å². The summed E-state index contributed by atoms with van der Waals surface area (Å²) in [6.45, 7) is 5.74. The first kappa shape index (κ1) is 21.9. The van der Waals surface area contributed by atoms with Crippen LogP contribution in [-0.4, -0.2) is 32.6 Å². The van der Waals surface area contributed by atoms with Gasteiger partial charge in [0.1, 0.15) is 11.5 Å². The van der Waals surface area contributed by atoms with Crippen molar-refractivity contribution in [2.45, 2.75) is 31.7 Å². The van der Waals surface area contributed by atoms with Gasteiger partial charge in [0.25, 0.3) is 0 Å². The van der Waals surface area contributed by atoms with Crippen LogP contribution in [0, 0.1) is 20.8 Å². The second kappa shape index (κ2) is 9.02. The number of H-pyrrole nitrogens is 1. The smallest absolute Gasteiger partial charge is 0.343 e. The molecule has 0 aliphatic heterocycles. The molecule has 2 heterocycles. The van der Waals surface area contributed by atoms with E-state index in [4.69, 9.17) is 9.47 Å². The number of imidazole rings is 1. The number of methoxy groups -OCH3 is 1. The number of pyridine rings is 1. The van der Waals surface area contributed by atoms with Gasteiger partial charge in [0.15, 0.2) is 5.75 Å². The van der Waals surface area contributed by atoms with E-state index in [1.807, 2.05) is 32.9 Å². The van der Waals surface area contributed by atoms with Crippen LogP contribution < -0.4 is 9.47 Å². The normalized spacial score (nSPS) is 12.0. The van der Waals surface area contributed by atoms with Crippen LogP contribution in [0.4, 0.5) is 0 Å². The third kappa shape index (κ3) is 4.46. The average Bonchev–Trinajstić information content (AvgIpc) is 3.20. The number of carbonyl (C=O) groups excluding carboxylic acids is 1. The van der Waals surface area contributed by atoms with Crippen LogP contribution in [-0.2, 0) is 16.9 Å². The highest BCUT2D eigenvalue weighted by Crippen LogP contribution is 2.27. The van der Waals surface area contributed by atoms with Crippen molar-refractivity contribution in [3.05, 3.63) is 76.6 Å². The summed E-state index contributed by atoms with van der Waals surface area (Å²) in [6, 6.07) is 12.3. The van der Waals surface area contributed by atoms with Gasteiger partial charge >= 0.3 is 11.1 Å². The van der Waals surface area contributed by atoms with Gasteiger partial charge in [-0.25, -0.2) is 4.79 Å². The highest BCUT2D eigenvalue weighted by molar-refractivity contribution is 7.90. The zero-order valence-electron chi connectivity index (χ0n) is 18.3. The van der Waals surface area contributed by atoms with Crippen LogP contribution in [0.1, 0.15) is 32.7 Å². The second-order valence-electron chi connectivity index (χ2n) is 7.52. The van der Waals surface area contributed by atoms with Crippen molar-refractivity contribution in [3.8, 4) is 11.5 Å². The number of nitrogens with zero attached hydrogens (tertiary/aromatic N) is 2.